The molecule has 0 amide bonds. The van der Waals surface area contributed by atoms with Gasteiger partial charge in [0.1, 0.15) is 16.9 Å². The number of halogens is 2. The summed E-state index contributed by atoms with van der Waals surface area (Å²) in [5.74, 6) is -0.217. The predicted molar refractivity (Wildman–Crippen MR) is 82.8 cm³/mol. The molecule has 0 radical (unpaired) electrons. The van der Waals surface area contributed by atoms with E-state index in [2.05, 4.69) is 18.1 Å². The van der Waals surface area contributed by atoms with Gasteiger partial charge in [-0.25, -0.2) is 13.6 Å². The molecule has 2 aliphatic carbocycles. The molecule has 3 unspecified atom stereocenters. The second-order valence-electron chi connectivity index (χ2n) is 6.70. The number of carbonyl (C=O) groups excluding carboxylic acids is 1. The smallest absolute Gasteiger partial charge is 0.342 e. The van der Waals surface area contributed by atoms with Crippen LogP contribution in [-0.2, 0) is 17.4 Å². The highest BCUT2D eigenvalue weighted by Crippen LogP contribution is 2.61. The highest BCUT2D eigenvalue weighted by molar-refractivity contribution is 5.91. The lowest BCUT2D eigenvalue weighted by Gasteiger charge is -2.31. The number of esters is 1. The molecule has 126 valence electrons. The Kier molecular flexibility index (Phi) is 3.27. The van der Waals surface area contributed by atoms with Gasteiger partial charge in [0.05, 0.1) is 0 Å². The van der Waals surface area contributed by atoms with E-state index in [0.717, 1.165) is 18.4 Å². The number of nitrogens with zero attached hydrogens (tertiary/aromatic N) is 2. The zero-order chi connectivity index (χ0) is 17.1. The minimum absolute atomic E-state index is 0.144. The summed E-state index contributed by atoms with van der Waals surface area (Å²) in [6.07, 6.45) is 0.167. The zero-order valence-corrected chi connectivity index (χ0v) is 13.5. The number of hydrogen-bond donors (Lipinski definition) is 0. The minimum atomic E-state index is -2.81. The van der Waals surface area contributed by atoms with Gasteiger partial charge in [-0.15, -0.1) is 0 Å². The van der Waals surface area contributed by atoms with Crippen molar-refractivity contribution in [3.05, 3.63) is 52.8 Å². The minimum Gasteiger partial charge on any atom is -0.450 e. The average Bonchev–Trinajstić information content (AvgIpc) is 3.16. The van der Waals surface area contributed by atoms with Crippen LogP contribution in [0.25, 0.3) is 0 Å². The predicted octanol–water partition coefficient (Wildman–Crippen LogP) is 3.94. The third-order valence-corrected chi connectivity index (χ3v) is 5.54. The van der Waals surface area contributed by atoms with Gasteiger partial charge in [0.25, 0.3) is 6.43 Å². The number of carbonyl (C=O) groups is 1. The lowest BCUT2D eigenvalue weighted by atomic mass is 9.88. The van der Waals surface area contributed by atoms with Crippen LogP contribution in [0.3, 0.4) is 0 Å². The molecule has 2 aliphatic rings. The first-order valence-corrected chi connectivity index (χ1v) is 8.08. The maximum atomic E-state index is 13.1. The molecule has 1 aromatic heterocycles. The Morgan fingerprint density at radius 1 is 1.42 bits per heavy atom. The number of ether oxygens (including phenoxy) is 1. The summed E-state index contributed by atoms with van der Waals surface area (Å²) < 4.78 is 33.4. The van der Waals surface area contributed by atoms with Crippen molar-refractivity contribution in [3.63, 3.8) is 0 Å². The number of aryl methyl sites for hydroxylation is 1. The van der Waals surface area contributed by atoms with Crippen LogP contribution < -0.4 is 0 Å². The first-order chi connectivity index (χ1) is 11.4. The highest BCUT2D eigenvalue weighted by atomic mass is 19.3. The molecule has 1 fully saturated rings. The average molecular weight is 332 g/mol. The molecule has 0 N–H and O–H groups in total. The Morgan fingerprint density at radius 3 is 2.92 bits per heavy atom. The van der Waals surface area contributed by atoms with Crippen molar-refractivity contribution < 1.29 is 18.3 Å². The largest absolute Gasteiger partial charge is 0.450 e. The van der Waals surface area contributed by atoms with E-state index in [9.17, 15) is 13.6 Å². The van der Waals surface area contributed by atoms with Gasteiger partial charge >= 0.3 is 5.97 Å². The third-order valence-electron chi connectivity index (χ3n) is 5.54. The van der Waals surface area contributed by atoms with E-state index >= 15 is 0 Å². The molecule has 6 heteroatoms. The molecule has 2 aromatic rings. The summed E-state index contributed by atoms with van der Waals surface area (Å²) in [6.45, 7) is 2.07. The number of aromatic nitrogens is 2. The van der Waals surface area contributed by atoms with Crippen molar-refractivity contribution in [2.24, 2.45) is 13.0 Å². The second kappa shape index (κ2) is 5.13. The van der Waals surface area contributed by atoms with Crippen LogP contribution in [-0.4, -0.2) is 15.7 Å². The van der Waals surface area contributed by atoms with E-state index in [4.69, 9.17) is 4.74 Å². The van der Waals surface area contributed by atoms with Gasteiger partial charge in [-0.05, 0) is 29.9 Å². The molecule has 3 atom stereocenters. The van der Waals surface area contributed by atoms with Crippen molar-refractivity contribution in [2.75, 3.05) is 0 Å². The molecule has 0 spiro atoms. The lowest BCUT2D eigenvalue weighted by molar-refractivity contribution is -0.0360. The van der Waals surface area contributed by atoms with Gasteiger partial charge in [0, 0.05) is 19.2 Å². The molecular formula is C18H18F2N2O2. The number of fused-ring (bicyclic) bond motifs is 5. The quantitative estimate of drug-likeness (QED) is 0.800. The Morgan fingerprint density at radius 2 is 2.17 bits per heavy atom. The summed E-state index contributed by atoms with van der Waals surface area (Å²) in [5.41, 5.74) is 0.844. The van der Waals surface area contributed by atoms with E-state index in [1.165, 1.54) is 23.5 Å². The van der Waals surface area contributed by atoms with E-state index in [-0.39, 0.29) is 11.5 Å². The summed E-state index contributed by atoms with van der Waals surface area (Å²) >= 11 is 0. The van der Waals surface area contributed by atoms with Crippen LogP contribution in [0.1, 0.15) is 59.3 Å². The van der Waals surface area contributed by atoms with Crippen LogP contribution >= 0.6 is 0 Å². The zero-order valence-electron chi connectivity index (χ0n) is 13.5. The fraction of sp³-hybridized carbons (Fsp3) is 0.444. The molecule has 0 aliphatic heterocycles. The molecule has 24 heavy (non-hydrogen) atoms. The normalized spacial score (nSPS) is 27.5. The molecule has 0 saturated heterocycles. The van der Waals surface area contributed by atoms with Gasteiger partial charge in [0.2, 0.25) is 0 Å². The van der Waals surface area contributed by atoms with Gasteiger partial charge in [-0.3, -0.25) is 4.68 Å². The van der Waals surface area contributed by atoms with E-state index in [0.29, 0.717) is 5.92 Å². The van der Waals surface area contributed by atoms with Gasteiger partial charge in [0.15, 0.2) is 0 Å². The van der Waals surface area contributed by atoms with Crippen molar-refractivity contribution in [3.8, 4) is 0 Å². The maximum Gasteiger partial charge on any atom is 0.342 e. The number of rotatable bonds is 3. The van der Waals surface area contributed by atoms with Crippen LogP contribution in [0.2, 0.25) is 0 Å². The van der Waals surface area contributed by atoms with Crippen LogP contribution in [0, 0.1) is 5.92 Å². The monoisotopic (exact) mass is 332 g/mol. The standard InChI is InChI=1S/C18H18F2N2O2/c1-10-11-7-8-18(10,14-6-4-3-5-12(11)14)24-17(23)13-9-22(2)21-15(13)16(19)20/h3-6,9-11,16H,7-8H2,1-2H3. The molecule has 4 rings (SSSR count). The van der Waals surface area contributed by atoms with E-state index in [1.54, 1.807) is 0 Å². The summed E-state index contributed by atoms with van der Waals surface area (Å²) in [4.78, 5) is 12.7. The molecular weight excluding hydrogens is 314 g/mol. The third kappa shape index (κ3) is 1.95. The Labute approximate surface area is 138 Å². The molecule has 2 bridgehead atoms. The molecule has 4 nitrogen and oxygen atoms in total. The summed E-state index contributed by atoms with van der Waals surface area (Å²) in [6, 6.07) is 7.96. The highest BCUT2D eigenvalue weighted by Gasteiger charge is 2.57. The first-order valence-electron chi connectivity index (χ1n) is 8.08. The number of hydrogen-bond acceptors (Lipinski definition) is 3. The summed E-state index contributed by atoms with van der Waals surface area (Å²) in [7, 11) is 1.51. The van der Waals surface area contributed by atoms with Crippen molar-refractivity contribution in [1.82, 2.24) is 9.78 Å². The SMILES string of the molecule is CC1C2CCC1(OC(=O)c1cn(C)nc1C(F)F)c1ccccc12. The topological polar surface area (TPSA) is 44.1 Å². The Hall–Kier alpha value is -2.24. The van der Waals surface area contributed by atoms with Crippen molar-refractivity contribution in [2.45, 2.75) is 37.7 Å². The van der Waals surface area contributed by atoms with Crippen molar-refractivity contribution in [1.29, 1.82) is 0 Å². The lowest BCUT2D eigenvalue weighted by Crippen LogP contribution is -2.33. The Balaban J connectivity index is 1.72. The van der Waals surface area contributed by atoms with Gasteiger partial charge < -0.3 is 4.74 Å². The van der Waals surface area contributed by atoms with Crippen LogP contribution in [0.4, 0.5) is 8.78 Å². The van der Waals surface area contributed by atoms with Gasteiger partial charge in [-0.1, -0.05) is 31.2 Å². The fourth-order valence-electron chi connectivity index (χ4n) is 4.43. The Bertz CT molecular complexity index is 817. The molecule has 1 heterocycles. The molecule has 1 saturated carbocycles. The van der Waals surface area contributed by atoms with E-state index in [1.807, 2.05) is 18.2 Å². The maximum absolute atomic E-state index is 13.1. The van der Waals surface area contributed by atoms with Gasteiger partial charge in [-0.2, -0.15) is 5.10 Å². The first kappa shape index (κ1) is 15.3. The fourth-order valence-corrected chi connectivity index (χ4v) is 4.43. The number of alkyl halides is 2. The van der Waals surface area contributed by atoms with E-state index < -0.39 is 23.7 Å². The summed E-state index contributed by atoms with van der Waals surface area (Å²) in [5, 5.41) is 3.69. The number of benzene rings is 1. The van der Waals surface area contributed by atoms with Crippen LogP contribution in [0.15, 0.2) is 30.5 Å². The second-order valence-corrected chi connectivity index (χ2v) is 6.70. The van der Waals surface area contributed by atoms with Crippen molar-refractivity contribution >= 4 is 5.97 Å². The molecule has 1 aromatic carbocycles. The van der Waals surface area contributed by atoms with Crippen LogP contribution in [0.5, 0.6) is 0 Å².